The summed E-state index contributed by atoms with van der Waals surface area (Å²) >= 11 is 1.49. The van der Waals surface area contributed by atoms with Gasteiger partial charge in [0, 0.05) is 30.9 Å². The van der Waals surface area contributed by atoms with Crippen molar-refractivity contribution in [1.82, 2.24) is 15.2 Å². The van der Waals surface area contributed by atoms with Crippen LogP contribution in [0.2, 0.25) is 0 Å². The van der Waals surface area contributed by atoms with Gasteiger partial charge >= 0.3 is 0 Å². The van der Waals surface area contributed by atoms with Crippen LogP contribution in [0.1, 0.15) is 52.8 Å². The Morgan fingerprint density at radius 3 is 2.92 bits per heavy atom. The highest BCUT2D eigenvalue weighted by Crippen LogP contribution is 2.21. The third kappa shape index (κ3) is 4.90. The highest BCUT2D eigenvalue weighted by atomic mass is 32.1. The number of nitrogens with zero attached hydrogens (tertiary/aromatic N) is 2. The topological polar surface area (TPSA) is 71.2 Å². The number of piperidine rings is 1. The van der Waals surface area contributed by atoms with Gasteiger partial charge in [0.2, 0.25) is 0 Å². The van der Waals surface area contributed by atoms with Gasteiger partial charge < -0.3 is 11.1 Å². The van der Waals surface area contributed by atoms with Crippen LogP contribution in [0.15, 0.2) is 29.6 Å². The van der Waals surface area contributed by atoms with Crippen molar-refractivity contribution in [2.75, 3.05) is 13.1 Å². The fourth-order valence-electron chi connectivity index (χ4n) is 3.42. The number of carbonyl (C=O) groups excluding carboxylic acids is 1. The maximum atomic E-state index is 12.4. The summed E-state index contributed by atoms with van der Waals surface area (Å²) in [6.45, 7) is 5.50. The van der Waals surface area contributed by atoms with E-state index in [1.54, 1.807) is 0 Å². The van der Waals surface area contributed by atoms with Crippen molar-refractivity contribution in [3.05, 3.63) is 51.5 Å². The molecule has 1 aromatic heterocycles. The Morgan fingerprint density at radius 2 is 2.15 bits per heavy atom. The van der Waals surface area contributed by atoms with E-state index in [0.29, 0.717) is 24.8 Å². The summed E-state index contributed by atoms with van der Waals surface area (Å²) < 4.78 is 0. The van der Waals surface area contributed by atoms with Crippen molar-refractivity contribution in [1.29, 1.82) is 0 Å². The van der Waals surface area contributed by atoms with E-state index in [-0.39, 0.29) is 5.91 Å². The molecule has 1 saturated heterocycles. The minimum atomic E-state index is -0.120. The van der Waals surface area contributed by atoms with Crippen molar-refractivity contribution in [3.8, 4) is 0 Å². The number of carbonyl (C=O) groups is 1. The van der Waals surface area contributed by atoms with Gasteiger partial charge in [0.05, 0.1) is 5.01 Å². The molecule has 1 aliphatic heterocycles. The van der Waals surface area contributed by atoms with E-state index >= 15 is 0 Å². The Kier molecular flexibility index (Phi) is 6.77. The standard InChI is InChI=1S/C20H28N4OS/c1-15-6-4-5-11-24(15)13-17-8-3-2-7-16(17)12-22-20(25)18-14-26-19(23-18)9-10-21/h2-3,7-8,14-15H,4-6,9-13,21H2,1H3,(H,22,25). The fourth-order valence-corrected chi connectivity index (χ4v) is 4.21. The number of hydrogen-bond donors (Lipinski definition) is 2. The van der Waals surface area contributed by atoms with E-state index in [2.05, 4.69) is 40.3 Å². The minimum Gasteiger partial charge on any atom is -0.347 e. The maximum Gasteiger partial charge on any atom is 0.271 e. The van der Waals surface area contributed by atoms with Crippen LogP contribution in [0.5, 0.6) is 0 Å². The van der Waals surface area contributed by atoms with Crippen LogP contribution in [0.25, 0.3) is 0 Å². The van der Waals surface area contributed by atoms with E-state index < -0.39 is 0 Å². The highest BCUT2D eigenvalue weighted by Gasteiger charge is 2.19. The van der Waals surface area contributed by atoms with Gasteiger partial charge in [0.15, 0.2) is 0 Å². The SMILES string of the molecule is CC1CCCCN1Cc1ccccc1CNC(=O)c1csc(CCN)n1. The number of rotatable bonds is 7. The number of aromatic nitrogens is 1. The third-order valence-corrected chi connectivity index (χ3v) is 5.92. The molecule has 26 heavy (non-hydrogen) atoms. The molecule has 6 heteroatoms. The maximum absolute atomic E-state index is 12.4. The number of thiazole rings is 1. The number of nitrogens with two attached hydrogens (primary N) is 1. The van der Waals surface area contributed by atoms with E-state index in [4.69, 9.17) is 5.73 Å². The van der Waals surface area contributed by atoms with E-state index in [1.165, 1.54) is 41.7 Å². The summed E-state index contributed by atoms with van der Waals surface area (Å²) in [4.78, 5) is 19.3. The monoisotopic (exact) mass is 372 g/mol. The lowest BCUT2D eigenvalue weighted by Crippen LogP contribution is -2.37. The van der Waals surface area contributed by atoms with Crippen LogP contribution in [-0.4, -0.2) is 34.9 Å². The molecule has 3 rings (SSSR count). The second kappa shape index (κ2) is 9.26. The minimum absolute atomic E-state index is 0.120. The van der Waals surface area contributed by atoms with Gasteiger partial charge in [0.25, 0.3) is 5.91 Å². The first kappa shape index (κ1) is 19.0. The molecule has 0 bridgehead atoms. The molecule has 2 heterocycles. The zero-order valence-corrected chi connectivity index (χ0v) is 16.2. The average molecular weight is 373 g/mol. The molecule has 140 valence electrons. The number of benzene rings is 1. The molecule has 1 unspecified atom stereocenters. The van der Waals surface area contributed by atoms with Crippen molar-refractivity contribution in [2.45, 2.75) is 51.7 Å². The van der Waals surface area contributed by atoms with E-state index in [1.807, 2.05) is 11.4 Å². The predicted molar refractivity (Wildman–Crippen MR) is 106 cm³/mol. The van der Waals surface area contributed by atoms with Crippen LogP contribution in [0, 0.1) is 0 Å². The number of likely N-dealkylation sites (tertiary alicyclic amines) is 1. The first-order valence-corrected chi connectivity index (χ1v) is 10.3. The van der Waals surface area contributed by atoms with Crippen LogP contribution in [-0.2, 0) is 19.5 Å². The second-order valence-corrected chi connectivity index (χ2v) is 7.87. The molecule has 2 aromatic rings. The first-order chi connectivity index (χ1) is 12.7. The van der Waals surface area contributed by atoms with Gasteiger partial charge in [-0.2, -0.15) is 0 Å². The first-order valence-electron chi connectivity index (χ1n) is 9.41. The molecule has 1 aromatic carbocycles. The summed E-state index contributed by atoms with van der Waals surface area (Å²) in [6.07, 6.45) is 4.59. The van der Waals surface area contributed by atoms with Crippen molar-refractivity contribution < 1.29 is 4.79 Å². The molecule has 1 fully saturated rings. The van der Waals surface area contributed by atoms with Crippen LogP contribution in [0.4, 0.5) is 0 Å². The Labute approximate surface area is 159 Å². The Morgan fingerprint density at radius 1 is 1.35 bits per heavy atom. The molecule has 1 amide bonds. The summed E-state index contributed by atoms with van der Waals surface area (Å²) in [5, 5.41) is 5.74. The van der Waals surface area contributed by atoms with Crippen LogP contribution < -0.4 is 11.1 Å². The summed E-state index contributed by atoms with van der Waals surface area (Å²) in [5.74, 6) is -0.120. The molecule has 3 N–H and O–H groups in total. The fraction of sp³-hybridized carbons (Fsp3) is 0.500. The second-order valence-electron chi connectivity index (χ2n) is 6.93. The third-order valence-electron chi connectivity index (χ3n) is 5.01. The lowest BCUT2D eigenvalue weighted by atomic mass is 10.0. The van der Waals surface area contributed by atoms with Crippen LogP contribution in [0.3, 0.4) is 0 Å². The van der Waals surface area contributed by atoms with Crippen molar-refractivity contribution in [3.63, 3.8) is 0 Å². The van der Waals surface area contributed by atoms with Gasteiger partial charge in [-0.15, -0.1) is 11.3 Å². The van der Waals surface area contributed by atoms with E-state index in [0.717, 1.165) is 24.5 Å². The molecule has 1 atom stereocenters. The van der Waals surface area contributed by atoms with Crippen LogP contribution >= 0.6 is 11.3 Å². The summed E-state index contributed by atoms with van der Waals surface area (Å²) in [7, 11) is 0. The molecular weight excluding hydrogens is 344 g/mol. The van der Waals surface area contributed by atoms with Crippen molar-refractivity contribution in [2.24, 2.45) is 5.73 Å². The zero-order valence-electron chi connectivity index (χ0n) is 15.4. The molecule has 0 radical (unpaired) electrons. The summed E-state index contributed by atoms with van der Waals surface area (Å²) in [6, 6.07) is 9.01. The average Bonchev–Trinajstić information content (AvgIpc) is 3.12. The Bertz CT molecular complexity index is 730. The molecule has 0 spiro atoms. The molecule has 0 saturated carbocycles. The number of hydrogen-bond acceptors (Lipinski definition) is 5. The molecule has 1 aliphatic rings. The summed E-state index contributed by atoms with van der Waals surface area (Å²) in [5.41, 5.74) is 8.50. The zero-order chi connectivity index (χ0) is 18.4. The number of amides is 1. The lowest BCUT2D eigenvalue weighted by Gasteiger charge is -2.33. The normalized spacial score (nSPS) is 18.0. The van der Waals surface area contributed by atoms with Crippen molar-refractivity contribution >= 4 is 17.2 Å². The van der Waals surface area contributed by atoms with Gasteiger partial charge in [-0.3, -0.25) is 9.69 Å². The Hall–Kier alpha value is -1.76. The van der Waals surface area contributed by atoms with Gasteiger partial charge in [-0.1, -0.05) is 30.7 Å². The molecule has 5 nitrogen and oxygen atoms in total. The van der Waals surface area contributed by atoms with Gasteiger partial charge in [-0.25, -0.2) is 4.98 Å². The van der Waals surface area contributed by atoms with E-state index in [9.17, 15) is 4.79 Å². The Balaban J connectivity index is 1.61. The lowest BCUT2D eigenvalue weighted by molar-refractivity contribution is 0.0946. The highest BCUT2D eigenvalue weighted by molar-refractivity contribution is 7.09. The van der Waals surface area contributed by atoms with Gasteiger partial charge in [-0.05, 0) is 44.0 Å². The predicted octanol–water partition coefficient (Wildman–Crippen LogP) is 2.95. The molecule has 0 aliphatic carbocycles. The molecular formula is C20H28N4OS. The largest absolute Gasteiger partial charge is 0.347 e. The quantitative estimate of drug-likeness (QED) is 0.784. The smallest absolute Gasteiger partial charge is 0.271 e. The van der Waals surface area contributed by atoms with Gasteiger partial charge in [0.1, 0.15) is 5.69 Å². The number of nitrogens with one attached hydrogen (secondary N) is 1.